The molecule has 0 aliphatic carbocycles. The minimum Gasteiger partial charge on any atom is -0.497 e. The molecular weight excluding hydrogens is 389 g/mol. The third-order valence-electron chi connectivity index (χ3n) is 4.59. The number of rotatable bonds is 4. The minimum atomic E-state index is -0.932. The molecule has 0 radical (unpaired) electrons. The highest BCUT2D eigenvalue weighted by Crippen LogP contribution is 2.24. The zero-order valence-electron chi connectivity index (χ0n) is 15.8. The van der Waals surface area contributed by atoms with Crippen LogP contribution in [0.2, 0.25) is 0 Å². The number of nitrogens with zero attached hydrogens (tertiary/aromatic N) is 2. The van der Waals surface area contributed by atoms with Gasteiger partial charge in [0, 0.05) is 17.6 Å². The summed E-state index contributed by atoms with van der Waals surface area (Å²) in [6.45, 7) is 0. The van der Waals surface area contributed by atoms with E-state index in [1.807, 2.05) is 12.1 Å². The van der Waals surface area contributed by atoms with Gasteiger partial charge in [-0.15, -0.1) is 0 Å². The summed E-state index contributed by atoms with van der Waals surface area (Å²) in [5.74, 6) is -1.57. The number of halogens is 1. The number of nitrogens with one attached hydrogen (secondary N) is 1. The average molecular weight is 405 g/mol. The first-order chi connectivity index (χ1) is 14.5. The lowest BCUT2D eigenvalue weighted by Crippen LogP contribution is -2.54. The van der Waals surface area contributed by atoms with Crippen molar-refractivity contribution < 1.29 is 23.5 Å². The Morgan fingerprint density at radius 3 is 2.43 bits per heavy atom. The molecule has 1 aromatic heterocycles. The maximum atomic E-state index is 13.6. The smallest absolute Gasteiger partial charge is 0.335 e. The van der Waals surface area contributed by atoms with Crippen molar-refractivity contribution in [2.45, 2.75) is 0 Å². The predicted molar refractivity (Wildman–Crippen MR) is 108 cm³/mol. The van der Waals surface area contributed by atoms with Crippen LogP contribution in [-0.4, -0.2) is 29.5 Å². The number of hydrogen-bond donors (Lipinski definition) is 1. The molecule has 1 N–H and O–H groups in total. The molecule has 1 aliphatic heterocycles. The van der Waals surface area contributed by atoms with Gasteiger partial charge in [0.1, 0.15) is 17.1 Å². The average Bonchev–Trinajstić information content (AvgIpc) is 3.19. The van der Waals surface area contributed by atoms with E-state index in [0.717, 1.165) is 16.7 Å². The standard InChI is InChI=1S/C22H16FN3O4/c1-30-18-9-7-15(8-10-18)25-11-3-6-16(25)13-19-20(27)24-22(29)26(21(19)28)17-5-2-4-14(23)12-17/h2-13H,1H3,(H,24,27,29)/b19-13+. The van der Waals surface area contributed by atoms with E-state index in [4.69, 9.17) is 4.74 Å². The fourth-order valence-corrected chi connectivity index (χ4v) is 3.14. The van der Waals surface area contributed by atoms with Crippen LogP contribution in [-0.2, 0) is 9.59 Å². The molecule has 150 valence electrons. The third-order valence-corrected chi connectivity index (χ3v) is 4.59. The Morgan fingerprint density at radius 2 is 1.73 bits per heavy atom. The van der Waals surface area contributed by atoms with Crippen LogP contribution < -0.4 is 15.0 Å². The quantitative estimate of drug-likeness (QED) is 0.534. The number of amides is 4. The van der Waals surface area contributed by atoms with Gasteiger partial charge in [-0.05, 0) is 60.7 Å². The lowest BCUT2D eigenvalue weighted by atomic mass is 10.1. The van der Waals surface area contributed by atoms with Crippen molar-refractivity contribution in [3.05, 3.63) is 83.9 Å². The first-order valence-corrected chi connectivity index (χ1v) is 8.97. The van der Waals surface area contributed by atoms with Gasteiger partial charge < -0.3 is 9.30 Å². The summed E-state index contributed by atoms with van der Waals surface area (Å²) in [4.78, 5) is 38.3. The van der Waals surface area contributed by atoms with Gasteiger partial charge in [-0.25, -0.2) is 14.1 Å². The van der Waals surface area contributed by atoms with Crippen LogP contribution in [0.15, 0.2) is 72.4 Å². The van der Waals surface area contributed by atoms with Gasteiger partial charge in [-0.3, -0.25) is 14.9 Å². The lowest BCUT2D eigenvalue weighted by Gasteiger charge is -2.26. The van der Waals surface area contributed by atoms with E-state index in [2.05, 4.69) is 5.32 Å². The van der Waals surface area contributed by atoms with Gasteiger partial charge in [0.15, 0.2) is 0 Å². The molecule has 1 saturated heterocycles. The number of aromatic nitrogens is 1. The highest BCUT2D eigenvalue weighted by Gasteiger charge is 2.37. The number of hydrogen-bond acceptors (Lipinski definition) is 4. The van der Waals surface area contributed by atoms with E-state index in [-0.39, 0.29) is 11.3 Å². The summed E-state index contributed by atoms with van der Waals surface area (Å²) >= 11 is 0. The second kappa shape index (κ2) is 7.67. The van der Waals surface area contributed by atoms with Crippen LogP contribution in [0, 0.1) is 5.82 Å². The molecule has 0 spiro atoms. The van der Waals surface area contributed by atoms with Crippen molar-refractivity contribution in [1.29, 1.82) is 0 Å². The zero-order valence-corrected chi connectivity index (χ0v) is 15.8. The van der Waals surface area contributed by atoms with Crippen molar-refractivity contribution in [3.8, 4) is 11.4 Å². The van der Waals surface area contributed by atoms with Crippen LogP contribution in [0.25, 0.3) is 11.8 Å². The molecule has 30 heavy (non-hydrogen) atoms. The van der Waals surface area contributed by atoms with Gasteiger partial charge >= 0.3 is 6.03 Å². The predicted octanol–water partition coefficient (Wildman–Crippen LogP) is 3.29. The second-order valence-corrected chi connectivity index (χ2v) is 6.44. The zero-order chi connectivity index (χ0) is 21.3. The molecule has 2 heterocycles. The van der Waals surface area contributed by atoms with Crippen LogP contribution in [0.5, 0.6) is 5.75 Å². The largest absolute Gasteiger partial charge is 0.497 e. The fourth-order valence-electron chi connectivity index (χ4n) is 3.14. The molecule has 2 aromatic carbocycles. The summed E-state index contributed by atoms with van der Waals surface area (Å²) in [5, 5.41) is 2.13. The Morgan fingerprint density at radius 1 is 0.967 bits per heavy atom. The first kappa shape index (κ1) is 19.1. The molecule has 7 nitrogen and oxygen atoms in total. The second-order valence-electron chi connectivity index (χ2n) is 6.44. The van der Waals surface area contributed by atoms with Gasteiger partial charge in [-0.1, -0.05) is 6.07 Å². The van der Waals surface area contributed by atoms with Crippen LogP contribution in [0.3, 0.4) is 0 Å². The molecule has 1 aliphatic rings. The SMILES string of the molecule is COc1ccc(-n2cccc2/C=C2\C(=O)NC(=O)N(c3cccc(F)c3)C2=O)cc1. The van der Waals surface area contributed by atoms with Gasteiger partial charge in [0.05, 0.1) is 12.8 Å². The topological polar surface area (TPSA) is 80.6 Å². The third kappa shape index (κ3) is 3.46. The number of benzene rings is 2. The summed E-state index contributed by atoms with van der Waals surface area (Å²) in [5.41, 5.74) is 1.12. The molecule has 0 atom stereocenters. The molecule has 1 fully saturated rings. The molecule has 0 saturated carbocycles. The van der Waals surface area contributed by atoms with E-state index in [1.165, 1.54) is 24.3 Å². The summed E-state index contributed by atoms with van der Waals surface area (Å²) in [6, 6.07) is 14.8. The van der Waals surface area contributed by atoms with Crippen LogP contribution in [0.1, 0.15) is 5.69 Å². The Kier molecular flexibility index (Phi) is 4.89. The molecule has 4 rings (SSSR count). The molecule has 0 unspecified atom stereocenters. The van der Waals surface area contributed by atoms with E-state index >= 15 is 0 Å². The van der Waals surface area contributed by atoms with E-state index in [1.54, 1.807) is 42.1 Å². The molecular formula is C22H16FN3O4. The summed E-state index contributed by atoms with van der Waals surface area (Å²) in [6.07, 6.45) is 3.16. The van der Waals surface area contributed by atoms with E-state index in [0.29, 0.717) is 11.4 Å². The normalized spacial score (nSPS) is 15.5. The number of methoxy groups -OCH3 is 1. The number of urea groups is 1. The lowest BCUT2D eigenvalue weighted by molar-refractivity contribution is -0.122. The fraction of sp³-hybridized carbons (Fsp3) is 0.0455. The Labute approximate surface area is 171 Å². The molecule has 3 aromatic rings. The monoisotopic (exact) mass is 405 g/mol. The molecule has 8 heteroatoms. The van der Waals surface area contributed by atoms with Crippen molar-refractivity contribution in [2.24, 2.45) is 0 Å². The minimum absolute atomic E-state index is 0.0291. The van der Waals surface area contributed by atoms with Crippen molar-refractivity contribution in [3.63, 3.8) is 0 Å². The maximum absolute atomic E-state index is 13.6. The summed E-state index contributed by atoms with van der Waals surface area (Å²) in [7, 11) is 1.57. The van der Waals surface area contributed by atoms with E-state index in [9.17, 15) is 18.8 Å². The highest BCUT2D eigenvalue weighted by atomic mass is 19.1. The number of imide groups is 2. The highest BCUT2D eigenvalue weighted by molar-refractivity contribution is 6.39. The van der Waals surface area contributed by atoms with Gasteiger partial charge in [0.2, 0.25) is 0 Å². The van der Waals surface area contributed by atoms with Crippen LogP contribution >= 0.6 is 0 Å². The maximum Gasteiger partial charge on any atom is 0.335 e. The Hall–Kier alpha value is -4.20. The van der Waals surface area contributed by atoms with Gasteiger partial charge in [0.25, 0.3) is 11.8 Å². The number of barbiturate groups is 1. The van der Waals surface area contributed by atoms with E-state index < -0.39 is 23.7 Å². The first-order valence-electron chi connectivity index (χ1n) is 8.97. The van der Waals surface area contributed by atoms with Gasteiger partial charge in [-0.2, -0.15) is 0 Å². The number of ether oxygens (including phenoxy) is 1. The van der Waals surface area contributed by atoms with Crippen molar-refractivity contribution in [2.75, 3.05) is 12.0 Å². The van der Waals surface area contributed by atoms with Crippen molar-refractivity contribution >= 4 is 29.6 Å². The number of carbonyl (C=O) groups excluding carboxylic acids is 3. The summed E-state index contributed by atoms with van der Waals surface area (Å²) < 4.78 is 20.5. The Bertz CT molecular complexity index is 1180. The van der Waals surface area contributed by atoms with Crippen molar-refractivity contribution in [1.82, 2.24) is 9.88 Å². The van der Waals surface area contributed by atoms with Crippen LogP contribution in [0.4, 0.5) is 14.9 Å². The molecule has 0 bridgehead atoms. The Balaban J connectivity index is 1.73. The number of carbonyl (C=O) groups is 3. The molecule has 4 amide bonds. The number of anilines is 1.